The summed E-state index contributed by atoms with van der Waals surface area (Å²) < 4.78 is 249. The number of hydrogen-bond acceptors (Lipinski definition) is 32. The van der Waals surface area contributed by atoms with Crippen molar-refractivity contribution in [3.63, 3.8) is 0 Å². The molecule has 60 heteroatoms. The van der Waals surface area contributed by atoms with Gasteiger partial charge in [-0.2, -0.15) is 84.8 Å². The maximum absolute atomic E-state index is 11.5. The molecule has 131 heavy (non-hydrogen) atoms. The number of rotatable bonds is 28. The lowest BCUT2D eigenvalue weighted by atomic mass is 10.2. The van der Waals surface area contributed by atoms with E-state index in [0.717, 1.165) is 78.3 Å². The number of aromatic nitrogens is 1. The number of unbranched alkanes of at least 4 members (excludes halogenated alkanes) is 1. The van der Waals surface area contributed by atoms with Crippen molar-refractivity contribution in [2.24, 2.45) is 0 Å². The van der Waals surface area contributed by atoms with Crippen LogP contribution in [0.15, 0.2) is 194 Å². The monoisotopic (exact) mass is 2060 g/mol. The van der Waals surface area contributed by atoms with Gasteiger partial charge >= 0.3 is 94.0 Å². The summed E-state index contributed by atoms with van der Waals surface area (Å²) in [6.07, 6.45) is 3.82. The fourth-order valence-corrected chi connectivity index (χ4v) is 15.2. The summed E-state index contributed by atoms with van der Waals surface area (Å²) in [7, 11) is -27.5. The highest BCUT2D eigenvalue weighted by Crippen LogP contribution is 2.18. The number of ether oxygens (including phenoxy) is 1. The Hall–Kier alpha value is -11.7. The van der Waals surface area contributed by atoms with E-state index in [1.165, 1.54) is 37.5 Å². The molecule has 732 valence electrons. The Morgan fingerprint density at radius 3 is 1.05 bits per heavy atom. The zero-order valence-electron chi connectivity index (χ0n) is 72.4. The SMILES string of the molecule is CC(=O)NS(=O)(=O)N(C)c1ccccc1.CC(=O)NS(=O)(=O)N1CCOCC1.CC(=O)NS(=O)(=O)Nc1ccccc1.CC(=O)NS(=O)(=O)Nc1ccccc1.CC(=O)NS(=O)(=O)Nc1ccccc1.CC(=O)NS(=O)(=O)Nc1ccccn1.CC(=O)NS(=O)Oc1ccc(C)cc1.CC(=O)NS(=O)Oc1ccc(Cl)cc1.CCCCNS(=O)(=O)NC(C)=O.CO.CS(=O)(=O)O. The number of benzene rings is 6. The van der Waals surface area contributed by atoms with Gasteiger partial charge in [0.2, 0.25) is 53.2 Å². The second-order valence-corrected chi connectivity index (χ2v) is 38.5. The number of morpholine rings is 1. The van der Waals surface area contributed by atoms with Crippen LogP contribution in [0.25, 0.3) is 0 Å². The van der Waals surface area contributed by atoms with E-state index in [4.69, 9.17) is 34.4 Å². The summed E-state index contributed by atoms with van der Waals surface area (Å²) in [5.74, 6) is -4.15. The molecule has 2 heterocycles. The number of para-hydroxylation sites is 4. The average molecular weight is 2060 g/mol. The summed E-state index contributed by atoms with van der Waals surface area (Å²) >= 11 is 1.97. The van der Waals surface area contributed by atoms with E-state index in [1.54, 1.807) is 193 Å². The molecule has 9 amide bonds. The Balaban J connectivity index is -0.00000139. The highest BCUT2D eigenvalue weighted by molar-refractivity contribution is 7.92. The topological polar surface area (TPSA) is 717 Å². The average Bonchev–Trinajstić information content (AvgIpc) is 0.842. The molecule has 6 aromatic carbocycles. The second kappa shape index (κ2) is 64.1. The smallest absolute Gasteiger partial charge is 0.325 e. The lowest BCUT2D eigenvalue weighted by molar-refractivity contribution is -0.118. The zero-order chi connectivity index (χ0) is 101. The van der Waals surface area contributed by atoms with Crippen LogP contribution in [0.3, 0.4) is 0 Å². The number of hydrogen-bond donors (Lipinski definition) is 16. The molecule has 0 radical (unpaired) electrons. The quantitative estimate of drug-likeness (QED) is 0.0246. The molecule has 1 saturated heterocycles. The number of aryl methyl sites for hydroxylation is 1. The van der Waals surface area contributed by atoms with Crippen molar-refractivity contribution in [1.29, 1.82) is 0 Å². The number of halogens is 1. The third-order valence-electron chi connectivity index (χ3n) is 12.2. The molecule has 49 nitrogen and oxygen atoms in total. The molecular weight excluding hydrogens is 1960 g/mol. The molecule has 1 aromatic heterocycles. The predicted octanol–water partition coefficient (Wildman–Crippen LogP) is 1.91. The molecule has 1 fully saturated rings. The normalized spacial score (nSPS) is 11.8. The Bertz CT molecular complexity index is 5320. The van der Waals surface area contributed by atoms with Gasteiger partial charge in [-0.25, -0.2) is 47.5 Å². The van der Waals surface area contributed by atoms with Gasteiger partial charge in [0.25, 0.3) is 10.1 Å². The number of amides is 9. The summed E-state index contributed by atoms with van der Waals surface area (Å²) in [6, 6.07) is 51.5. The van der Waals surface area contributed by atoms with Gasteiger partial charge in [0, 0.05) is 107 Å². The van der Waals surface area contributed by atoms with Crippen molar-refractivity contribution in [2.75, 3.05) is 76.5 Å². The molecule has 7 aromatic rings. The van der Waals surface area contributed by atoms with E-state index in [-0.39, 0.29) is 5.82 Å². The van der Waals surface area contributed by atoms with Crippen LogP contribution in [0, 0.1) is 6.92 Å². The first-order valence-corrected chi connectivity index (χ1v) is 50.9. The lowest BCUT2D eigenvalue weighted by Gasteiger charge is -2.25. The molecule has 0 bridgehead atoms. The largest absolute Gasteiger partial charge is 0.400 e. The molecule has 1 aliphatic heterocycles. The van der Waals surface area contributed by atoms with Crippen molar-refractivity contribution in [1.82, 2.24) is 56.5 Å². The van der Waals surface area contributed by atoms with Gasteiger partial charge < -0.3 is 18.2 Å². The fraction of sp³-hybridized carbons (Fsp3) is 0.296. The lowest BCUT2D eigenvalue weighted by Crippen LogP contribution is -2.47. The van der Waals surface area contributed by atoms with Crippen LogP contribution in [0.4, 0.5) is 28.6 Å². The van der Waals surface area contributed by atoms with E-state index < -0.39 is 157 Å². The van der Waals surface area contributed by atoms with Crippen LogP contribution < -0.4 is 78.8 Å². The number of pyridine rings is 1. The first-order valence-electron chi connectivity index (χ1n) is 36.3. The van der Waals surface area contributed by atoms with Crippen molar-refractivity contribution >= 4 is 197 Å². The summed E-state index contributed by atoms with van der Waals surface area (Å²) in [5.41, 5.74) is 2.79. The number of nitrogens with zero attached hydrogens (tertiary/aromatic N) is 3. The Kier molecular flexibility index (Phi) is 60.4. The second-order valence-electron chi connectivity index (χ2n) is 24.4. The first-order chi connectivity index (χ1) is 60.6. The van der Waals surface area contributed by atoms with Crippen LogP contribution in [-0.4, -0.2) is 201 Å². The maximum atomic E-state index is 11.5. The Morgan fingerprint density at radius 1 is 0.435 bits per heavy atom. The number of anilines is 5. The zero-order valence-corrected chi connectivity index (χ0v) is 81.3. The fourth-order valence-electron chi connectivity index (χ4n) is 7.61. The van der Waals surface area contributed by atoms with Crippen molar-refractivity contribution < 1.29 is 142 Å². The minimum Gasteiger partial charge on any atom is -0.400 e. The summed E-state index contributed by atoms with van der Waals surface area (Å²) in [5, 5.41) is 7.56. The number of aliphatic hydroxyl groups is 1. The van der Waals surface area contributed by atoms with E-state index in [0.29, 0.717) is 78.4 Å². The number of aliphatic hydroxyl groups excluding tert-OH is 1. The van der Waals surface area contributed by atoms with Crippen LogP contribution in [0.5, 0.6) is 11.5 Å². The van der Waals surface area contributed by atoms with Crippen molar-refractivity contribution in [2.45, 2.75) is 89.0 Å². The molecule has 2 atom stereocenters. The highest BCUT2D eigenvalue weighted by atomic mass is 35.5. The summed E-state index contributed by atoms with van der Waals surface area (Å²) in [4.78, 5) is 98.4. The first kappa shape index (κ1) is 123. The van der Waals surface area contributed by atoms with Gasteiger partial charge in [-0.05, 0) is 110 Å². The molecule has 0 saturated carbocycles. The van der Waals surface area contributed by atoms with Gasteiger partial charge in [0.1, 0.15) is 17.3 Å². The molecule has 0 aliphatic carbocycles. The standard InChI is InChI=1S/C9H12N2O3S.C9H11NO3S.C8H8ClNO3S.3C8H10N2O3S.C7H9N3O3S.C6H12N2O4S.C6H14N2O3S.CH4O3S.CH4O/c1-8(12)10-15(13,14)11(2)9-6-4-3-5-7-9;1-7-3-5-9(6-4-7)13-14(12)10-8(2)11;1-6(11)10-14(12)13-8-4-2-7(9)3-5-8;3*1-7(11)9-14(12,13)10-8-5-3-2-4-6-8;1-6(11)9-14(12,13)10-7-4-2-3-5-8-7;1-6(9)7-13(10,11)8-2-4-12-5-3-8;1-3-4-5-7-12(10,11)8-6(2)9;1-5(2,3)4;1-2/h3-7H,1-2H3,(H,10,12);3-6H,1-2H3,(H,10,11);2-5H,1H3,(H,10,11);3*2-6,10H,1H3,(H,9,11);2-5H,1H3,(H,8,10)(H,9,11);2-5H2,1H3,(H,7,9);7H,3-5H2,1-2H3,(H,8,9);1H3,(H,2,3,4);2H,1H3. The van der Waals surface area contributed by atoms with Gasteiger partial charge in [0.05, 0.1) is 42.2 Å². The number of nitrogens with one attached hydrogen (secondary N) is 14. The molecule has 8 rings (SSSR count). The molecule has 1 aliphatic rings. The van der Waals surface area contributed by atoms with Gasteiger partial charge in [-0.3, -0.25) is 70.9 Å². The van der Waals surface area contributed by atoms with Gasteiger partial charge in [0.15, 0.2) is 0 Å². The predicted molar refractivity (Wildman–Crippen MR) is 491 cm³/mol. The van der Waals surface area contributed by atoms with Crippen LogP contribution in [0.1, 0.15) is 87.6 Å². The molecule has 0 spiro atoms. The Morgan fingerprint density at radius 2 is 0.740 bits per heavy atom. The van der Waals surface area contributed by atoms with E-state index >= 15 is 0 Å². The maximum Gasteiger partial charge on any atom is 0.325 e. The minimum atomic E-state index is -3.85. The van der Waals surface area contributed by atoms with E-state index in [2.05, 4.69) is 38.0 Å². The number of carbonyl (C=O) groups excluding carboxylic acids is 9. The minimum absolute atomic E-state index is 0.154. The third-order valence-corrected chi connectivity index (χ3v) is 22.4. The van der Waals surface area contributed by atoms with E-state index in [9.17, 15) is 119 Å². The molecule has 2 unspecified atom stereocenters. The van der Waals surface area contributed by atoms with Crippen LogP contribution in [-0.2, 0) is 152 Å². The summed E-state index contributed by atoms with van der Waals surface area (Å²) in [6.45, 7) is 16.1. The van der Waals surface area contributed by atoms with Gasteiger partial charge in [-0.15, -0.1) is 0 Å². The van der Waals surface area contributed by atoms with Gasteiger partial charge in [-0.1, -0.05) is 122 Å². The van der Waals surface area contributed by atoms with Crippen molar-refractivity contribution in [3.8, 4) is 11.5 Å². The highest BCUT2D eigenvalue weighted by Gasteiger charge is 2.25. The third kappa shape index (κ3) is 71.8. The van der Waals surface area contributed by atoms with Crippen LogP contribution in [0.2, 0.25) is 5.02 Å². The molecule has 16 N–H and O–H groups in total. The van der Waals surface area contributed by atoms with E-state index in [1.807, 2.05) is 35.4 Å². The van der Waals surface area contributed by atoms with Crippen molar-refractivity contribution in [3.05, 3.63) is 205 Å². The number of carbonyl (C=O) groups is 9. The Labute approximate surface area is 771 Å². The molecular formula is C71H104ClN17O32S10. The van der Waals surface area contributed by atoms with Crippen LogP contribution >= 0.6 is 11.6 Å².